The molecule has 3 rings (SSSR count). The number of aryl methyl sites for hydroxylation is 1. The lowest BCUT2D eigenvalue weighted by atomic mass is 10.0. The molecule has 0 fully saturated rings. The van der Waals surface area contributed by atoms with Gasteiger partial charge < -0.3 is 10.3 Å². The zero-order valence-electron chi connectivity index (χ0n) is 10.2. The van der Waals surface area contributed by atoms with E-state index in [1.165, 1.54) is 5.56 Å². The molecule has 0 amide bonds. The van der Waals surface area contributed by atoms with Crippen molar-refractivity contribution in [3.8, 4) is 0 Å². The Kier molecular flexibility index (Phi) is 2.52. The molecule has 1 atom stereocenters. The van der Waals surface area contributed by atoms with Gasteiger partial charge >= 0.3 is 0 Å². The largest absolute Gasteiger partial charge is 0.382 e. The Morgan fingerprint density at radius 2 is 2.22 bits per heavy atom. The Morgan fingerprint density at radius 3 is 2.94 bits per heavy atom. The molecule has 6 heteroatoms. The van der Waals surface area contributed by atoms with Crippen molar-refractivity contribution >= 4 is 28.3 Å². The molecule has 0 radical (unpaired) electrons. The Bertz CT molecular complexity index is 686. The summed E-state index contributed by atoms with van der Waals surface area (Å²) >= 11 is 1.67. The molecule has 0 bridgehead atoms. The second kappa shape index (κ2) is 4.06. The molecule has 1 unspecified atom stereocenters. The van der Waals surface area contributed by atoms with Gasteiger partial charge in [0.2, 0.25) is 0 Å². The third-order valence-corrected chi connectivity index (χ3v) is 3.74. The smallest absolute Gasteiger partial charge is 0.165 e. The van der Waals surface area contributed by atoms with Gasteiger partial charge in [-0.3, -0.25) is 0 Å². The number of hydrogen-bond acceptors (Lipinski definition) is 5. The van der Waals surface area contributed by atoms with E-state index in [9.17, 15) is 0 Å². The minimum atomic E-state index is 0.137. The first kappa shape index (κ1) is 11.2. The molecule has 3 aromatic heterocycles. The Morgan fingerprint density at radius 1 is 1.39 bits per heavy atom. The van der Waals surface area contributed by atoms with E-state index in [4.69, 9.17) is 5.73 Å². The van der Waals surface area contributed by atoms with Crippen LogP contribution in [0.3, 0.4) is 0 Å². The van der Waals surface area contributed by atoms with E-state index in [-0.39, 0.29) is 5.92 Å². The summed E-state index contributed by atoms with van der Waals surface area (Å²) in [7, 11) is 1.90. The molecule has 0 aromatic carbocycles. The number of aromatic nitrogens is 4. The maximum atomic E-state index is 5.94. The van der Waals surface area contributed by atoms with Crippen LogP contribution in [0.2, 0.25) is 0 Å². The van der Waals surface area contributed by atoms with E-state index in [1.807, 2.05) is 11.6 Å². The third-order valence-electron chi connectivity index (χ3n) is 3.03. The lowest BCUT2D eigenvalue weighted by Gasteiger charge is -2.09. The number of fused-ring (bicyclic) bond motifs is 1. The second-order valence-corrected chi connectivity index (χ2v) is 5.05. The molecule has 5 nitrogen and oxygen atoms in total. The molecule has 0 saturated heterocycles. The molecule has 0 aliphatic carbocycles. The highest BCUT2D eigenvalue weighted by atomic mass is 32.1. The van der Waals surface area contributed by atoms with E-state index >= 15 is 0 Å². The minimum Gasteiger partial charge on any atom is -0.382 e. The van der Waals surface area contributed by atoms with Gasteiger partial charge in [-0.1, -0.05) is 6.92 Å². The van der Waals surface area contributed by atoms with Crippen LogP contribution in [-0.2, 0) is 7.05 Å². The van der Waals surface area contributed by atoms with Crippen LogP contribution in [0.1, 0.15) is 24.2 Å². The van der Waals surface area contributed by atoms with Crippen LogP contribution < -0.4 is 5.73 Å². The van der Waals surface area contributed by atoms with Crippen molar-refractivity contribution in [3.05, 3.63) is 34.5 Å². The molecule has 0 aliphatic heterocycles. The zero-order chi connectivity index (χ0) is 12.7. The van der Waals surface area contributed by atoms with Gasteiger partial charge in [0, 0.05) is 13.0 Å². The maximum absolute atomic E-state index is 5.94. The van der Waals surface area contributed by atoms with Crippen molar-refractivity contribution in [1.29, 1.82) is 0 Å². The Hall–Kier alpha value is -1.95. The molecule has 0 aliphatic rings. The van der Waals surface area contributed by atoms with Gasteiger partial charge in [0.25, 0.3) is 0 Å². The van der Waals surface area contributed by atoms with E-state index in [1.54, 1.807) is 17.7 Å². The summed E-state index contributed by atoms with van der Waals surface area (Å²) in [5.41, 5.74) is 8.59. The van der Waals surface area contributed by atoms with Crippen molar-refractivity contribution in [1.82, 2.24) is 19.5 Å². The predicted octanol–water partition coefficient (Wildman–Crippen LogP) is 2.16. The highest BCUT2D eigenvalue weighted by Crippen LogP contribution is 2.26. The first-order chi connectivity index (χ1) is 8.66. The number of nitrogens with zero attached hydrogens (tertiary/aromatic N) is 4. The van der Waals surface area contributed by atoms with Gasteiger partial charge in [0.1, 0.15) is 11.3 Å². The molecule has 0 spiro atoms. The Balaban J connectivity index is 2.15. The van der Waals surface area contributed by atoms with E-state index in [0.29, 0.717) is 11.3 Å². The molecule has 2 N–H and O–H groups in total. The maximum Gasteiger partial charge on any atom is 0.165 e. The van der Waals surface area contributed by atoms with Crippen LogP contribution in [0.4, 0.5) is 5.82 Å². The SMILES string of the molecule is CC(c1ccsc1)c1nc(N)c2ncn(C)c2n1. The van der Waals surface area contributed by atoms with E-state index < -0.39 is 0 Å². The highest BCUT2D eigenvalue weighted by Gasteiger charge is 2.16. The van der Waals surface area contributed by atoms with E-state index in [0.717, 1.165) is 11.5 Å². The van der Waals surface area contributed by atoms with Gasteiger partial charge in [0.15, 0.2) is 11.5 Å². The first-order valence-corrected chi connectivity index (χ1v) is 6.57. The standard InChI is InChI=1S/C12H13N5S/c1-7(8-3-4-18-5-8)11-15-10(13)9-12(16-11)17(2)6-14-9/h3-7H,1-2H3,(H2,13,15,16). The number of thiophene rings is 1. The van der Waals surface area contributed by atoms with Gasteiger partial charge in [-0.15, -0.1) is 0 Å². The fourth-order valence-corrected chi connectivity index (χ4v) is 2.66. The summed E-state index contributed by atoms with van der Waals surface area (Å²) in [6.45, 7) is 2.08. The van der Waals surface area contributed by atoms with Gasteiger partial charge in [0.05, 0.1) is 6.33 Å². The number of hydrogen-bond donors (Lipinski definition) is 1. The number of nitrogen functional groups attached to an aromatic ring is 1. The normalized spacial score (nSPS) is 13.0. The minimum absolute atomic E-state index is 0.137. The predicted molar refractivity (Wildman–Crippen MR) is 72.6 cm³/mol. The summed E-state index contributed by atoms with van der Waals surface area (Å²) in [4.78, 5) is 13.1. The topological polar surface area (TPSA) is 69.6 Å². The van der Waals surface area contributed by atoms with Gasteiger partial charge in [-0.05, 0) is 22.4 Å². The summed E-state index contributed by atoms with van der Waals surface area (Å²) in [6, 6.07) is 2.09. The lowest BCUT2D eigenvalue weighted by Crippen LogP contribution is -2.06. The molecular weight excluding hydrogens is 246 g/mol. The van der Waals surface area contributed by atoms with Crippen LogP contribution in [0.15, 0.2) is 23.2 Å². The van der Waals surface area contributed by atoms with Crippen LogP contribution in [-0.4, -0.2) is 19.5 Å². The molecule has 3 heterocycles. The van der Waals surface area contributed by atoms with Gasteiger partial charge in [-0.25, -0.2) is 15.0 Å². The fraction of sp³-hybridized carbons (Fsp3) is 0.250. The lowest BCUT2D eigenvalue weighted by molar-refractivity contribution is 0.819. The van der Waals surface area contributed by atoms with Crippen molar-refractivity contribution in [2.75, 3.05) is 5.73 Å². The Labute approximate surface area is 108 Å². The van der Waals surface area contributed by atoms with Crippen LogP contribution in [0.5, 0.6) is 0 Å². The molecule has 0 saturated carbocycles. The van der Waals surface area contributed by atoms with E-state index in [2.05, 4.69) is 38.7 Å². The van der Waals surface area contributed by atoms with Crippen LogP contribution >= 0.6 is 11.3 Å². The first-order valence-electron chi connectivity index (χ1n) is 5.63. The average Bonchev–Trinajstić information content (AvgIpc) is 2.99. The van der Waals surface area contributed by atoms with Crippen molar-refractivity contribution in [2.24, 2.45) is 7.05 Å². The zero-order valence-corrected chi connectivity index (χ0v) is 11.0. The molecular formula is C12H13N5S. The number of imidazole rings is 1. The van der Waals surface area contributed by atoms with Gasteiger partial charge in [-0.2, -0.15) is 11.3 Å². The summed E-state index contributed by atoms with van der Waals surface area (Å²) in [5, 5.41) is 4.16. The quantitative estimate of drug-likeness (QED) is 0.765. The summed E-state index contributed by atoms with van der Waals surface area (Å²) < 4.78 is 1.86. The molecule has 92 valence electrons. The summed E-state index contributed by atoms with van der Waals surface area (Å²) in [6.07, 6.45) is 1.70. The summed E-state index contributed by atoms with van der Waals surface area (Å²) in [5.74, 6) is 1.32. The number of nitrogens with two attached hydrogens (primary N) is 1. The molecule has 3 aromatic rings. The third kappa shape index (κ3) is 1.65. The molecule has 18 heavy (non-hydrogen) atoms. The highest BCUT2D eigenvalue weighted by molar-refractivity contribution is 7.08. The average molecular weight is 259 g/mol. The van der Waals surface area contributed by atoms with Crippen LogP contribution in [0.25, 0.3) is 11.2 Å². The number of rotatable bonds is 2. The van der Waals surface area contributed by atoms with Crippen LogP contribution in [0, 0.1) is 0 Å². The number of anilines is 1. The van der Waals surface area contributed by atoms with Crippen molar-refractivity contribution in [2.45, 2.75) is 12.8 Å². The van der Waals surface area contributed by atoms with Crippen molar-refractivity contribution in [3.63, 3.8) is 0 Å². The monoisotopic (exact) mass is 259 g/mol. The van der Waals surface area contributed by atoms with Crippen molar-refractivity contribution < 1.29 is 0 Å². The fourth-order valence-electron chi connectivity index (χ4n) is 1.91. The second-order valence-electron chi connectivity index (χ2n) is 4.27.